The second kappa shape index (κ2) is 8.62. The van der Waals surface area contributed by atoms with Crippen LogP contribution in [-0.2, 0) is 4.74 Å². The molecule has 0 fully saturated rings. The molecule has 0 saturated carbocycles. The van der Waals surface area contributed by atoms with Gasteiger partial charge < -0.3 is 4.74 Å². The number of carbonyl (C=O) groups excluding carboxylic acids is 2. The van der Waals surface area contributed by atoms with Crippen molar-refractivity contribution in [3.05, 3.63) is 94.6 Å². The molecule has 0 radical (unpaired) electrons. The van der Waals surface area contributed by atoms with Gasteiger partial charge in [0.2, 0.25) is 0 Å². The summed E-state index contributed by atoms with van der Waals surface area (Å²) in [7, 11) is 1.34. The molecule has 30 heavy (non-hydrogen) atoms. The predicted molar refractivity (Wildman–Crippen MR) is 112 cm³/mol. The maximum absolute atomic E-state index is 12.6. The van der Waals surface area contributed by atoms with E-state index in [4.69, 9.17) is 4.74 Å². The quantitative estimate of drug-likeness (QED) is 0.475. The molecule has 0 unspecified atom stereocenters. The molecular formula is C22H16N4O3S. The molecule has 0 bridgehead atoms. The zero-order chi connectivity index (χ0) is 20.9. The van der Waals surface area contributed by atoms with Gasteiger partial charge in [-0.3, -0.25) is 14.3 Å². The highest BCUT2D eigenvalue weighted by Gasteiger charge is 2.13. The SMILES string of the molecule is COC(=O)c1ccc(-n2c(-c3ccccc3)csc2=NC(=O)c2cnccn2)cc1. The molecule has 148 valence electrons. The lowest BCUT2D eigenvalue weighted by Crippen LogP contribution is -2.17. The molecule has 0 atom stereocenters. The van der Waals surface area contributed by atoms with E-state index in [0.717, 1.165) is 16.9 Å². The Morgan fingerprint density at radius 2 is 1.80 bits per heavy atom. The van der Waals surface area contributed by atoms with Crippen molar-refractivity contribution in [3.63, 3.8) is 0 Å². The third-order valence-electron chi connectivity index (χ3n) is 4.30. The highest BCUT2D eigenvalue weighted by Crippen LogP contribution is 2.23. The van der Waals surface area contributed by atoms with Crippen molar-refractivity contribution in [2.24, 2.45) is 4.99 Å². The van der Waals surface area contributed by atoms with Crippen molar-refractivity contribution in [1.82, 2.24) is 14.5 Å². The fourth-order valence-corrected chi connectivity index (χ4v) is 3.77. The van der Waals surface area contributed by atoms with Gasteiger partial charge in [-0.2, -0.15) is 4.99 Å². The lowest BCUT2D eigenvalue weighted by Gasteiger charge is -2.10. The van der Waals surface area contributed by atoms with Gasteiger partial charge in [-0.15, -0.1) is 11.3 Å². The number of benzene rings is 2. The van der Waals surface area contributed by atoms with Crippen LogP contribution in [0.5, 0.6) is 0 Å². The first-order valence-corrected chi connectivity index (χ1v) is 9.85. The van der Waals surface area contributed by atoms with Crippen molar-refractivity contribution >= 4 is 23.2 Å². The van der Waals surface area contributed by atoms with Crippen LogP contribution >= 0.6 is 11.3 Å². The van der Waals surface area contributed by atoms with Gasteiger partial charge in [0.25, 0.3) is 5.91 Å². The Morgan fingerprint density at radius 3 is 2.47 bits per heavy atom. The molecule has 1 amide bonds. The van der Waals surface area contributed by atoms with E-state index in [0.29, 0.717) is 10.4 Å². The topological polar surface area (TPSA) is 86.4 Å². The van der Waals surface area contributed by atoms with Crippen LogP contribution in [0.2, 0.25) is 0 Å². The molecule has 0 aliphatic rings. The fraction of sp³-hybridized carbons (Fsp3) is 0.0455. The molecule has 4 aromatic rings. The number of aromatic nitrogens is 3. The molecule has 7 nitrogen and oxygen atoms in total. The van der Waals surface area contributed by atoms with Gasteiger partial charge in [0.05, 0.1) is 24.6 Å². The normalized spacial score (nSPS) is 11.3. The minimum atomic E-state index is -0.482. The number of thiazole rings is 1. The highest BCUT2D eigenvalue weighted by molar-refractivity contribution is 7.07. The summed E-state index contributed by atoms with van der Waals surface area (Å²) in [4.78, 5) is 37.1. The van der Waals surface area contributed by atoms with E-state index >= 15 is 0 Å². The molecule has 2 heterocycles. The van der Waals surface area contributed by atoms with Gasteiger partial charge >= 0.3 is 5.97 Å². The van der Waals surface area contributed by atoms with E-state index in [1.807, 2.05) is 40.3 Å². The van der Waals surface area contributed by atoms with E-state index in [2.05, 4.69) is 15.0 Å². The Kier molecular flexibility index (Phi) is 5.58. The van der Waals surface area contributed by atoms with Crippen molar-refractivity contribution in [2.45, 2.75) is 0 Å². The Bertz CT molecular complexity index is 1250. The Hall–Kier alpha value is -3.91. The number of methoxy groups -OCH3 is 1. The van der Waals surface area contributed by atoms with E-state index < -0.39 is 11.9 Å². The van der Waals surface area contributed by atoms with Crippen LogP contribution in [0.1, 0.15) is 20.8 Å². The summed E-state index contributed by atoms with van der Waals surface area (Å²) >= 11 is 1.34. The van der Waals surface area contributed by atoms with Gasteiger partial charge in [-0.05, 0) is 29.8 Å². The molecule has 0 aliphatic heterocycles. The lowest BCUT2D eigenvalue weighted by molar-refractivity contribution is 0.0600. The van der Waals surface area contributed by atoms with E-state index in [1.165, 1.54) is 37.0 Å². The Labute approximate surface area is 176 Å². The molecule has 8 heteroatoms. The minimum absolute atomic E-state index is 0.166. The maximum Gasteiger partial charge on any atom is 0.337 e. The van der Waals surface area contributed by atoms with Gasteiger partial charge in [0, 0.05) is 23.5 Å². The summed E-state index contributed by atoms with van der Waals surface area (Å²) < 4.78 is 6.64. The van der Waals surface area contributed by atoms with E-state index in [9.17, 15) is 9.59 Å². The number of amides is 1. The minimum Gasteiger partial charge on any atom is -0.465 e. The first kappa shape index (κ1) is 19.4. The summed E-state index contributed by atoms with van der Waals surface area (Å²) in [6, 6.07) is 16.7. The lowest BCUT2D eigenvalue weighted by atomic mass is 10.1. The first-order chi connectivity index (χ1) is 14.7. The number of nitrogens with zero attached hydrogens (tertiary/aromatic N) is 4. The average Bonchev–Trinajstić information content (AvgIpc) is 3.23. The molecule has 0 N–H and O–H groups in total. The highest BCUT2D eigenvalue weighted by atomic mass is 32.1. The first-order valence-electron chi connectivity index (χ1n) is 8.97. The monoisotopic (exact) mass is 416 g/mol. The molecule has 0 saturated heterocycles. The van der Waals surface area contributed by atoms with Crippen molar-refractivity contribution in [3.8, 4) is 16.9 Å². The zero-order valence-electron chi connectivity index (χ0n) is 15.9. The van der Waals surface area contributed by atoms with Crippen LogP contribution in [0.15, 0.2) is 83.6 Å². The van der Waals surface area contributed by atoms with Crippen LogP contribution in [0.4, 0.5) is 0 Å². The summed E-state index contributed by atoms with van der Waals surface area (Å²) in [5.41, 5.74) is 3.21. The van der Waals surface area contributed by atoms with Crippen molar-refractivity contribution < 1.29 is 14.3 Å². The summed E-state index contributed by atoms with van der Waals surface area (Å²) in [6.45, 7) is 0. The fourth-order valence-electron chi connectivity index (χ4n) is 2.87. The molecule has 0 spiro atoms. The van der Waals surface area contributed by atoms with Crippen molar-refractivity contribution in [2.75, 3.05) is 7.11 Å². The number of esters is 1. The Morgan fingerprint density at radius 1 is 1.03 bits per heavy atom. The van der Waals surface area contributed by atoms with Crippen LogP contribution < -0.4 is 4.80 Å². The average molecular weight is 416 g/mol. The second-order valence-electron chi connectivity index (χ2n) is 6.15. The summed E-state index contributed by atoms with van der Waals surface area (Å²) in [5.74, 6) is -0.896. The zero-order valence-corrected chi connectivity index (χ0v) is 16.7. The van der Waals surface area contributed by atoms with Gasteiger partial charge in [0.1, 0.15) is 5.69 Å². The smallest absolute Gasteiger partial charge is 0.337 e. The Balaban J connectivity index is 1.86. The summed E-state index contributed by atoms with van der Waals surface area (Å²) in [6.07, 6.45) is 4.33. The molecule has 2 aromatic heterocycles. The molecular weight excluding hydrogens is 400 g/mol. The van der Waals surface area contributed by atoms with Gasteiger partial charge in [-0.1, -0.05) is 30.3 Å². The second-order valence-corrected chi connectivity index (χ2v) is 6.99. The standard InChI is InChI=1S/C22H16N4O3S/c1-29-21(28)16-7-9-17(10-8-16)26-19(15-5-3-2-4-6-15)14-30-22(26)25-20(27)18-13-23-11-12-24-18/h2-14H,1H3. The number of carbonyl (C=O) groups is 2. The maximum atomic E-state index is 12.6. The number of hydrogen-bond acceptors (Lipinski definition) is 6. The number of rotatable bonds is 4. The number of hydrogen-bond donors (Lipinski definition) is 0. The third kappa shape index (κ3) is 3.94. The summed E-state index contributed by atoms with van der Waals surface area (Å²) in [5, 5.41) is 1.94. The molecule has 4 rings (SSSR count). The van der Waals surface area contributed by atoms with Crippen LogP contribution in [0.25, 0.3) is 16.9 Å². The van der Waals surface area contributed by atoms with E-state index in [-0.39, 0.29) is 5.69 Å². The van der Waals surface area contributed by atoms with Crippen LogP contribution in [-0.4, -0.2) is 33.5 Å². The van der Waals surface area contributed by atoms with Crippen LogP contribution in [0.3, 0.4) is 0 Å². The van der Waals surface area contributed by atoms with Crippen molar-refractivity contribution in [1.29, 1.82) is 0 Å². The van der Waals surface area contributed by atoms with Crippen LogP contribution in [0, 0.1) is 0 Å². The molecule has 2 aromatic carbocycles. The number of ether oxygens (including phenoxy) is 1. The largest absolute Gasteiger partial charge is 0.465 e. The predicted octanol–water partition coefficient (Wildman–Crippen LogP) is 3.52. The third-order valence-corrected chi connectivity index (χ3v) is 5.13. The van der Waals surface area contributed by atoms with Gasteiger partial charge in [-0.25, -0.2) is 9.78 Å². The molecule has 0 aliphatic carbocycles. The van der Waals surface area contributed by atoms with E-state index in [1.54, 1.807) is 24.3 Å². The van der Waals surface area contributed by atoms with Gasteiger partial charge in [0.15, 0.2) is 4.80 Å².